The zero-order valence-corrected chi connectivity index (χ0v) is 11.8. The second kappa shape index (κ2) is 4.81. The molecule has 0 aliphatic heterocycles. The van der Waals surface area contributed by atoms with E-state index in [1.165, 1.54) is 29.7 Å². The van der Waals surface area contributed by atoms with Gasteiger partial charge in [-0.3, -0.25) is 4.79 Å². The quantitative estimate of drug-likeness (QED) is 0.931. The summed E-state index contributed by atoms with van der Waals surface area (Å²) in [7, 11) is 0. The summed E-state index contributed by atoms with van der Waals surface area (Å²) in [5.41, 5.74) is 1.19. The van der Waals surface area contributed by atoms with Crippen LogP contribution in [0.5, 0.6) is 0 Å². The van der Waals surface area contributed by atoms with E-state index in [0.29, 0.717) is 11.8 Å². The highest BCUT2D eigenvalue weighted by Crippen LogP contribution is 2.43. The van der Waals surface area contributed by atoms with E-state index in [1.54, 1.807) is 6.20 Å². The van der Waals surface area contributed by atoms with E-state index in [2.05, 4.69) is 16.4 Å². The van der Waals surface area contributed by atoms with Crippen molar-refractivity contribution in [1.29, 1.82) is 0 Å². The zero-order chi connectivity index (χ0) is 13.4. The van der Waals surface area contributed by atoms with Crippen LogP contribution in [-0.2, 0) is 0 Å². The van der Waals surface area contributed by atoms with Crippen molar-refractivity contribution >= 4 is 17.2 Å². The van der Waals surface area contributed by atoms with Crippen LogP contribution in [0.25, 0.3) is 0 Å². The number of aromatic nitrogens is 1. The van der Waals surface area contributed by atoms with Gasteiger partial charge in [0, 0.05) is 0 Å². The first-order valence-corrected chi connectivity index (χ1v) is 7.33. The van der Waals surface area contributed by atoms with Crippen molar-refractivity contribution in [3.8, 4) is 0 Å². The molecule has 0 radical (unpaired) electrons. The van der Waals surface area contributed by atoms with Gasteiger partial charge in [0.1, 0.15) is 11.8 Å². The molecule has 2 heterocycles. The van der Waals surface area contributed by atoms with Gasteiger partial charge in [0.25, 0.3) is 5.91 Å². The van der Waals surface area contributed by atoms with E-state index in [9.17, 15) is 4.79 Å². The summed E-state index contributed by atoms with van der Waals surface area (Å²) >= 11 is 1.51. The fraction of sp³-hybridized carbons (Fsp3) is 0.429. The summed E-state index contributed by atoms with van der Waals surface area (Å²) in [6.07, 6.45) is 4.07. The van der Waals surface area contributed by atoms with Crippen LogP contribution >= 0.6 is 11.3 Å². The minimum absolute atomic E-state index is 0.0275. The zero-order valence-electron chi connectivity index (χ0n) is 11.0. The molecule has 0 bridgehead atoms. The minimum Gasteiger partial charge on any atom is -0.444 e. The van der Waals surface area contributed by atoms with Gasteiger partial charge in [-0.25, -0.2) is 4.98 Å². The number of carbonyl (C=O) groups is 1. The van der Waals surface area contributed by atoms with Crippen molar-refractivity contribution in [2.45, 2.75) is 38.6 Å². The Morgan fingerprint density at radius 1 is 1.58 bits per heavy atom. The molecule has 1 aliphatic rings. The maximum absolute atomic E-state index is 12.3. The topological polar surface area (TPSA) is 55.1 Å². The monoisotopic (exact) mass is 276 g/mol. The summed E-state index contributed by atoms with van der Waals surface area (Å²) in [5.74, 6) is 1.87. The second-order valence-electron chi connectivity index (χ2n) is 4.98. The number of nitrogens with zero attached hydrogens (tertiary/aromatic N) is 1. The van der Waals surface area contributed by atoms with Crippen molar-refractivity contribution < 1.29 is 9.21 Å². The number of aryl methyl sites for hydroxylation is 1. The number of carbonyl (C=O) groups excluding carboxylic acids is 1. The molecular formula is C14H16N2O2S. The van der Waals surface area contributed by atoms with Gasteiger partial charge in [-0.2, -0.15) is 0 Å². The van der Waals surface area contributed by atoms with Crippen LogP contribution in [-0.4, -0.2) is 10.9 Å². The Morgan fingerprint density at radius 2 is 2.37 bits per heavy atom. The standard InChI is InChI=1S/C14H16N2O2S/c1-8-7-15-14(18-8)9(2)16-13(17)12-11(5-6-19-12)10-3-4-10/h5-7,9-10H,3-4H2,1-2H3,(H,16,17). The van der Waals surface area contributed by atoms with Crippen LogP contribution in [0.3, 0.4) is 0 Å². The van der Waals surface area contributed by atoms with Crippen molar-refractivity contribution in [2.24, 2.45) is 0 Å². The molecule has 0 spiro atoms. The lowest BCUT2D eigenvalue weighted by Crippen LogP contribution is -2.26. The third kappa shape index (κ3) is 2.56. The minimum atomic E-state index is -0.213. The number of oxazole rings is 1. The van der Waals surface area contributed by atoms with Gasteiger partial charge in [-0.1, -0.05) is 0 Å². The van der Waals surface area contributed by atoms with Crippen LogP contribution in [0.15, 0.2) is 22.1 Å². The molecular weight excluding hydrogens is 260 g/mol. The average molecular weight is 276 g/mol. The Morgan fingerprint density at radius 3 is 3.00 bits per heavy atom. The smallest absolute Gasteiger partial charge is 0.262 e. The Hall–Kier alpha value is -1.62. The van der Waals surface area contributed by atoms with E-state index >= 15 is 0 Å². The molecule has 1 atom stereocenters. The lowest BCUT2D eigenvalue weighted by molar-refractivity contribution is 0.0937. The van der Waals surface area contributed by atoms with Crippen LogP contribution in [0.2, 0.25) is 0 Å². The van der Waals surface area contributed by atoms with Gasteiger partial charge in [0.15, 0.2) is 0 Å². The van der Waals surface area contributed by atoms with Crippen molar-refractivity contribution in [3.05, 3.63) is 39.7 Å². The molecule has 0 aromatic carbocycles. The van der Waals surface area contributed by atoms with Crippen LogP contribution in [0, 0.1) is 6.92 Å². The van der Waals surface area contributed by atoms with Crippen LogP contribution in [0.4, 0.5) is 0 Å². The average Bonchev–Trinajstić information content (AvgIpc) is 2.94. The highest BCUT2D eigenvalue weighted by Gasteiger charge is 2.29. The predicted molar refractivity (Wildman–Crippen MR) is 73.4 cm³/mol. The number of hydrogen-bond donors (Lipinski definition) is 1. The van der Waals surface area contributed by atoms with Gasteiger partial charge in [-0.05, 0) is 49.6 Å². The first-order valence-electron chi connectivity index (χ1n) is 6.45. The van der Waals surface area contributed by atoms with Crippen LogP contribution < -0.4 is 5.32 Å². The summed E-state index contributed by atoms with van der Waals surface area (Å²) in [4.78, 5) is 17.3. The van der Waals surface area contributed by atoms with E-state index < -0.39 is 0 Å². The molecule has 1 N–H and O–H groups in total. The lowest BCUT2D eigenvalue weighted by Gasteiger charge is -2.10. The summed E-state index contributed by atoms with van der Waals surface area (Å²) in [5, 5.41) is 4.94. The molecule has 3 rings (SSSR count). The third-order valence-corrected chi connectivity index (χ3v) is 4.21. The number of hydrogen-bond acceptors (Lipinski definition) is 4. The Bertz CT molecular complexity index is 598. The van der Waals surface area contributed by atoms with Crippen molar-refractivity contribution in [2.75, 3.05) is 0 Å². The number of amides is 1. The summed E-state index contributed by atoms with van der Waals surface area (Å²) < 4.78 is 5.43. The van der Waals surface area contributed by atoms with Gasteiger partial charge in [-0.15, -0.1) is 11.3 Å². The van der Waals surface area contributed by atoms with Crippen LogP contribution in [0.1, 0.15) is 58.6 Å². The Balaban J connectivity index is 1.72. The predicted octanol–water partition coefficient (Wildman–Crippen LogP) is 3.41. The molecule has 2 aromatic heterocycles. The number of rotatable bonds is 4. The normalized spacial score (nSPS) is 16.3. The number of nitrogens with one attached hydrogen (secondary N) is 1. The van der Waals surface area contributed by atoms with Gasteiger partial charge in [0.2, 0.25) is 5.89 Å². The van der Waals surface area contributed by atoms with E-state index in [4.69, 9.17) is 4.42 Å². The number of thiophene rings is 1. The molecule has 2 aromatic rings. The molecule has 1 unspecified atom stereocenters. The van der Waals surface area contributed by atoms with Gasteiger partial charge in [0.05, 0.1) is 11.1 Å². The first kappa shape index (κ1) is 12.4. The molecule has 100 valence electrons. The van der Waals surface area contributed by atoms with Crippen molar-refractivity contribution in [1.82, 2.24) is 10.3 Å². The van der Waals surface area contributed by atoms with E-state index in [1.807, 2.05) is 19.2 Å². The van der Waals surface area contributed by atoms with E-state index in [0.717, 1.165) is 10.6 Å². The maximum Gasteiger partial charge on any atom is 0.262 e. The summed E-state index contributed by atoms with van der Waals surface area (Å²) in [6, 6.07) is 1.85. The Labute approximate surface area is 115 Å². The Kier molecular flexibility index (Phi) is 3.14. The van der Waals surface area contributed by atoms with Gasteiger partial charge < -0.3 is 9.73 Å². The van der Waals surface area contributed by atoms with Gasteiger partial charge >= 0.3 is 0 Å². The molecule has 1 saturated carbocycles. The molecule has 19 heavy (non-hydrogen) atoms. The molecule has 5 heteroatoms. The maximum atomic E-state index is 12.3. The summed E-state index contributed by atoms with van der Waals surface area (Å²) in [6.45, 7) is 3.73. The van der Waals surface area contributed by atoms with Crippen molar-refractivity contribution in [3.63, 3.8) is 0 Å². The fourth-order valence-electron chi connectivity index (χ4n) is 2.12. The fourth-order valence-corrected chi connectivity index (χ4v) is 3.00. The molecule has 0 saturated heterocycles. The third-order valence-electron chi connectivity index (χ3n) is 3.28. The SMILES string of the molecule is Cc1cnc(C(C)NC(=O)c2sccc2C2CC2)o1. The highest BCUT2D eigenvalue weighted by atomic mass is 32.1. The highest BCUT2D eigenvalue weighted by molar-refractivity contribution is 7.12. The molecule has 4 nitrogen and oxygen atoms in total. The first-order chi connectivity index (χ1) is 9.15. The molecule has 1 amide bonds. The molecule has 1 fully saturated rings. The largest absolute Gasteiger partial charge is 0.444 e. The second-order valence-corrected chi connectivity index (χ2v) is 5.90. The molecule has 1 aliphatic carbocycles. The lowest BCUT2D eigenvalue weighted by atomic mass is 10.1. The van der Waals surface area contributed by atoms with E-state index in [-0.39, 0.29) is 11.9 Å².